The van der Waals surface area contributed by atoms with Gasteiger partial charge in [-0.2, -0.15) is 11.8 Å². The van der Waals surface area contributed by atoms with Crippen LogP contribution in [0.2, 0.25) is 0 Å². The van der Waals surface area contributed by atoms with E-state index in [9.17, 15) is 19.8 Å². The van der Waals surface area contributed by atoms with Crippen molar-refractivity contribution in [1.82, 2.24) is 5.32 Å². The molecule has 3 N–H and O–H groups in total. The molecule has 1 aliphatic rings. The number of rotatable bonds is 12. The van der Waals surface area contributed by atoms with Crippen LogP contribution in [0.25, 0.3) is 11.1 Å². The van der Waals surface area contributed by atoms with Gasteiger partial charge in [0, 0.05) is 5.56 Å². The minimum atomic E-state index is -1.03. The zero-order valence-electron chi connectivity index (χ0n) is 21.8. The van der Waals surface area contributed by atoms with Gasteiger partial charge in [0.25, 0.3) is 5.91 Å². The maximum Gasteiger partial charge on any atom is 0.326 e. The van der Waals surface area contributed by atoms with Crippen LogP contribution in [-0.4, -0.2) is 40.1 Å². The molecule has 1 aliphatic carbocycles. The van der Waals surface area contributed by atoms with Crippen LogP contribution in [0.1, 0.15) is 85.9 Å². The number of aliphatic carboxylic acids is 1. The normalized spacial score (nSPS) is 16.8. The van der Waals surface area contributed by atoms with Gasteiger partial charge >= 0.3 is 5.97 Å². The van der Waals surface area contributed by atoms with Crippen LogP contribution in [-0.2, 0) is 4.79 Å². The lowest BCUT2D eigenvalue weighted by atomic mass is 9.82. The summed E-state index contributed by atoms with van der Waals surface area (Å²) in [6.07, 6.45) is 10.4. The van der Waals surface area contributed by atoms with Gasteiger partial charge in [0.1, 0.15) is 6.04 Å². The first-order valence-electron chi connectivity index (χ1n) is 13.2. The van der Waals surface area contributed by atoms with Gasteiger partial charge in [-0.25, -0.2) is 4.79 Å². The Kier molecular flexibility index (Phi) is 10.9. The summed E-state index contributed by atoms with van der Waals surface area (Å²) in [6, 6.07) is 12.4. The van der Waals surface area contributed by atoms with Crippen molar-refractivity contribution in [2.24, 2.45) is 11.8 Å². The largest absolute Gasteiger partial charge is 0.480 e. The average molecular weight is 512 g/mol. The van der Waals surface area contributed by atoms with E-state index >= 15 is 0 Å². The Morgan fingerprint density at radius 3 is 2.44 bits per heavy atom. The molecule has 0 radical (unpaired) electrons. The van der Waals surface area contributed by atoms with E-state index in [2.05, 4.69) is 12.2 Å². The molecule has 0 bridgehead atoms. The summed E-state index contributed by atoms with van der Waals surface area (Å²) in [6.45, 7) is 4.09. The highest BCUT2D eigenvalue weighted by atomic mass is 32.2. The van der Waals surface area contributed by atoms with E-state index in [-0.39, 0.29) is 5.92 Å². The number of hydrogen-bond donors (Lipinski definition) is 3. The van der Waals surface area contributed by atoms with Crippen molar-refractivity contribution in [3.05, 3.63) is 59.2 Å². The van der Waals surface area contributed by atoms with Gasteiger partial charge in [-0.15, -0.1) is 0 Å². The minimum Gasteiger partial charge on any atom is -0.480 e. The Morgan fingerprint density at radius 2 is 1.78 bits per heavy atom. The summed E-state index contributed by atoms with van der Waals surface area (Å²) in [5, 5.41) is 23.5. The van der Waals surface area contributed by atoms with E-state index in [0.29, 0.717) is 17.7 Å². The van der Waals surface area contributed by atoms with E-state index < -0.39 is 24.0 Å². The Labute approximate surface area is 220 Å². The number of carboxylic acid groups (broad SMARTS) is 1. The number of amides is 1. The standard InChI is InChI=1S/C30H41NO4S/c1-20-9-7-8-12-24(20)26-19-23(28(32)21(2)13-14-22-10-5-4-6-11-22)15-16-25(26)29(33)31-27(30(34)35)17-18-36-3/h7-9,12,15-16,19,21-22,27-28,32H,4-6,10-11,13-14,17-18H2,1-3H3,(H,31,33)(H,34,35)/t21?,27-,28?/m0/s1. The molecule has 0 spiro atoms. The van der Waals surface area contributed by atoms with Gasteiger partial charge in [-0.05, 0) is 78.0 Å². The lowest BCUT2D eigenvalue weighted by Gasteiger charge is -2.25. The van der Waals surface area contributed by atoms with E-state index in [4.69, 9.17) is 0 Å². The number of aliphatic hydroxyl groups is 1. The molecular formula is C30H41NO4S. The SMILES string of the molecule is CSCC[C@H](NC(=O)c1ccc(C(O)C(C)CCC2CCCCC2)cc1-c1ccccc1C)C(=O)O. The second kappa shape index (κ2) is 13.8. The van der Waals surface area contributed by atoms with Gasteiger partial charge in [0.2, 0.25) is 0 Å². The van der Waals surface area contributed by atoms with Crippen molar-refractivity contribution >= 4 is 23.6 Å². The van der Waals surface area contributed by atoms with Crippen molar-refractivity contribution < 1.29 is 19.8 Å². The van der Waals surface area contributed by atoms with Crippen LogP contribution in [0.4, 0.5) is 0 Å². The molecule has 0 aromatic heterocycles. The fourth-order valence-electron chi connectivity index (χ4n) is 5.23. The molecule has 0 heterocycles. The highest BCUT2D eigenvalue weighted by Crippen LogP contribution is 2.35. The molecule has 0 aliphatic heterocycles. The van der Waals surface area contributed by atoms with Gasteiger partial charge in [0.05, 0.1) is 6.10 Å². The average Bonchev–Trinajstić information content (AvgIpc) is 2.89. The molecule has 36 heavy (non-hydrogen) atoms. The van der Waals surface area contributed by atoms with Crippen LogP contribution >= 0.6 is 11.8 Å². The quantitative estimate of drug-likeness (QED) is 0.298. The molecule has 3 rings (SSSR count). The van der Waals surface area contributed by atoms with E-state index in [1.165, 1.54) is 32.1 Å². The first kappa shape index (κ1) is 28.3. The first-order valence-corrected chi connectivity index (χ1v) is 14.6. The maximum atomic E-state index is 13.3. The fourth-order valence-corrected chi connectivity index (χ4v) is 5.70. The summed E-state index contributed by atoms with van der Waals surface area (Å²) in [7, 11) is 0. The number of carbonyl (C=O) groups excluding carboxylic acids is 1. The first-order chi connectivity index (χ1) is 17.3. The molecule has 2 unspecified atom stereocenters. The van der Waals surface area contributed by atoms with Gasteiger partial charge in [-0.1, -0.05) is 75.8 Å². The summed E-state index contributed by atoms with van der Waals surface area (Å²) in [5.41, 5.74) is 3.85. The molecule has 6 heteroatoms. The molecule has 2 aromatic rings. The van der Waals surface area contributed by atoms with Crippen molar-refractivity contribution in [3.8, 4) is 11.1 Å². The van der Waals surface area contributed by atoms with Crippen LogP contribution in [0.5, 0.6) is 0 Å². The lowest BCUT2D eigenvalue weighted by Crippen LogP contribution is -2.41. The minimum absolute atomic E-state index is 0.110. The Balaban J connectivity index is 1.85. The van der Waals surface area contributed by atoms with Gasteiger partial charge in [0.15, 0.2) is 0 Å². The number of aliphatic hydroxyl groups excluding tert-OH is 1. The lowest BCUT2D eigenvalue weighted by molar-refractivity contribution is -0.139. The smallest absolute Gasteiger partial charge is 0.326 e. The summed E-state index contributed by atoms with van der Waals surface area (Å²) < 4.78 is 0. The molecular weight excluding hydrogens is 470 g/mol. The fraction of sp³-hybridized carbons (Fsp3) is 0.533. The number of nitrogens with one attached hydrogen (secondary N) is 1. The van der Waals surface area contributed by atoms with Crippen LogP contribution < -0.4 is 5.32 Å². The van der Waals surface area contributed by atoms with Crippen molar-refractivity contribution in [1.29, 1.82) is 0 Å². The third-order valence-electron chi connectivity index (χ3n) is 7.57. The van der Waals surface area contributed by atoms with E-state index in [1.54, 1.807) is 17.8 Å². The third kappa shape index (κ3) is 7.59. The molecule has 2 aromatic carbocycles. The molecule has 0 saturated heterocycles. The summed E-state index contributed by atoms with van der Waals surface area (Å²) >= 11 is 1.55. The van der Waals surface area contributed by atoms with Crippen LogP contribution in [0, 0.1) is 18.8 Å². The van der Waals surface area contributed by atoms with Crippen molar-refractivity contribution in [2.45, 2.75) is 77.4 Å². The summed E-state index contributed by atoms with van der Waals surface area (Å²) in [4.78, 5) is 25.0. The third-order valence-corrected chi connectivity index (χ3v) is 8.22. The number of aryl methyl sites for hydroxylation is 1. The predicted octanol–water partition coefficient (Wildman–Crippen LogP) is 6.63. The topological polar surface area (TPSA) is 86.6 Å². The monoisotopic (exact) mass is 511 g/mol. The number of benzene rings is 2. The molecule has 3 atom stereocenters. The van der Waals surface area contributed by atoms with Crippen molar-refractivity contribution in [3.63, 3.8) is 0 Å². The van der Waals surface area contributed by atoms with Crippen LogP contribution in [0.15, 0.2) is 42.5 Å². The van der Waals surface area contributed by atoms with Gasteiger partial charge < -0.3 is 15.5 Å². The molecule has 196 valence electrons. The second-order valence-corrected chi connectivity index (χ2v) is 11.3. The molecule has 5 nitrogen and oxygen atoms in total. The zero-order chi connectivity index (χ0) is 26.1. The number of carboxylic acids is 1. The molecule has 1 saturated carbocycles. The molecule has 1 amide bonds. The molecule has 1 fully saturated rings. The van der Waals surface area contributed by atoms with Crippen LogP contribution in [0.3, 0.4) is 0 Å². The Bertz CT molecular complexity index is 1020. The van der Waals surface area contributed by atoms with E-state index in [1.807, 2.05) is 49.6 Å². The maximum absolute atomic E-state index is 13.3. The van der Waals surface area contributed by atoms with Gasteiger partial charge in [-0.3, -0.25) is 4.79 Å². The zero-order valence-corrected chi connectivity index (χ0v) is 22.7. The highest BCUT2D eigenvalue weighted by Gasteiger charge is 2.25. The number of carbonyl (C=O) groups is 2. The van der Waals surface area contributed by atoms with E-state index in [0.717, 1.165) is 41.0 Å². The number of thioether (sulfide) groups is 1. The van der Waals surface area contributed by atoms with Crippen molar-refractivity contribution in [2.75, 3.05) is 12.0 Å². The summed E-state index contributed by atoms with van der Waals surface area (Å²) in [5.74, 6) is 0.0857. The highest BCUT2D eigenvalue weighted by molar-refractivity contribution is 7.98. The number of hydrogen-bond acceptors (Lipinski definition) is 4. The Hall–Kier alpha value is -2.31. The Morgan fingerprint density at radius 1 is 1.06 bits per heavy atom. The second-order valence-electron chi connectivity index (χ2n) is 10.3. The predicted molar refractivity (Wildman–Crippen MR) is 148 cm³/mol.